The molecule has 1 aliphatic rings. The Kier molecular flexibility index (Phi) is 3.89. The molecule has 0 radical (unpaired) electrons. The molecule has 1 aromatic carbocycles. The van der Waals surface area contributed by atoms with Crippen LogP contribution in [0.4, 0.5) is 11.4 Å². The van der Waals surface area contributed by atoms with Crippen LogP contribution in [0.25, 0.3) is 0 Å². The average molecular weight is 233 g/mol. The monoisotopic (exact) mass is 233 g/mol. The molecule has 94 valence electrons. The van der Waals surface area contributed by atoms with E-state index in [1.165, 1.54) is 31.5 Å². The second kappa shape index (κ2) is 5.41. The molecule has 1 aliphatic heterocycles. The number of hydrogen-bond donors (Lipinski definition) is 1. The molecule has 1 heterocycles. The smallest absolute Gasteiger partial charge is 0.0600 e. The lowest BCUT2D eigenvalue weighted by atomic mass is 10.2. The fourth-order valence-corrected chi connectivity index (χ4v) is 2.40. The summed E-state index contributed by atoms with van der Waals surface area (Å²) in [5, 5.41) is 0. The van der Waals surface area contributed by atoms with E-state index < -0.39 is 0 Å². The van der Waals surface area contributed by atoms with Gasteiger partial charge in [-0.05, 0) is 50.6 Å². The van der Waals surface area contributed by atoms with Gasteiger partial charge in [0.15, 0.2) is 0 Å². The highest BCUT2D eigenvalue weighted by molar-refractivity contribution is 5.68. The lowest BCUT2D eigenvalue weighted by Crippen LogP contribution is -2.31. The van der Waals surface area contributed by atoms with Gasteiger partial charge in [0.05, 0.1) is 11.4 Å². The highest BCUT2D eigenvalue weighted by atomic mass is 15.2. The van der Waals surface area contributed by atoms with Crippen molar-refractivity contribution < 1.29 is 0 Å². The summed E-state index contributed by atoms with van der Waals surface area (Å²) in [4.78, 5) is 4.79. The number of likely N-dealkylation sites (tertiary alicyclic amines) is 1. The first kappa shape index (κ1) is 12.2. The molecule has 0 bridgehead atoms. The molecule has 0 amide bonds. The maximum Gasteiger partial charge on any atom is 0.0600 e. The number of benzene rings is 1. The van der Waals surface area contributed by atoms with Crippen molar-refractivity contribution in [3.8, 4) is 0 Å². The molecule has 0 spiro atoms. The summed E-state index contributed by atoms with van der Waals surface area (Å²) in [7, 11) is 2.13. The second-order valence-corrected chi connectivity index (χ2v) is 5.03. The van der Waals surface area contributed by atoms with Crippen LogP contribution in [-0.2, 0) is 0 Å². The number of aryl methyl sites for hydroxylation is 1. The van der Waals surface area contributed by atoms with E-state index >= 15 is 0 Å². The summed E-state index contributed by atoms with van der Waals surface area (Å²) in [6, 6.07) is 6.23. The molecule has 0 aliphatic carbocycles. The molecule has 1 fully saturated rings. The van der Waals surface area contributed by atoms with Gasteiger partial charge >= 0.3 is 0 Å². The molecule has 1 saturated heterocycles. The van der Waals surface area contributed by atoms with E-state index in [-0.39, 0.29) is 0 Å². The molecule has 2 rings (SSSR count). The Morgan fingerprint density at radius 1 is 1.29 bits per heavy atom. The summed E-state index contributed by atoms with van der Waals surface area (Å²) in [6.07, 6.45) is 2.71. The number of anilines is 2. The number of rotatable bonds is 4. The lowest BCUT2D eigenvalue weighted by Gasteiger charge is -2.24. The second-order valence-electron chi connectivity index (χ2n) is 5.03. The van der Waals surface area contributed by atoms with Crippen LogP contribution in [0.1, 0.15) is 18.4 Å². The maximum atomic E-state index is 6.02. The molecular formula is C14H23N3. The fraction of sp³-hybridized carbons (Fsp3) is 0.571. The number of nitrogen functional groups attached to an aromatic ring is 1. The summed E-state index contributed by atoms with van der Waals surface area (Å²) in [5.74, 6) is 0. The Hall–Kier alpha value is -1.22. The van der Waals surface area contributed by atoms with Crippen LogP contribution in [-0.4, -0.2) is 38.1 Å². The number of hydrogen-bond acceptors (Lipinski definition) is 3. The normalized spacial score (nSPS) is 16.4. The molecule has 0 atom stereocenters. The first-order chi connectivity index (χ1) is 8.16. The van der Waals surface area contributed by atoms with E-state index in [1.807, 2.05) is 6.07 Å². The summed E-state index contributed by atoms with van der Waals surface area (Å²) in [5.41, 5.74) is 9.32. The molecule has 1 aromatic rings. The Labute approximate surface area is 104 Å². The predicted octanol–water partition coefficient (Wildman–Crippen LogP) is 2.11. The van der Waals surface area contributed by atoms with Crippen LogP contribution < -0.4 is 10.6 Å². The van der Waals surface area contributed by atoms with Gasteiger partial charge in [0, 0.05) is 20.1 Å². The van der Waals surface area contributed by atoms with E-state index in [1.54, 1.807) is 0 Å². The molecule has 2 N–H and O–H groups in total. The average Bonchev–Trinajstić information content (AvgIpc) is 2.82. The van der Waals surface area contributed by atoms with E-state index in [4.69, 9.17) is 5.73 Å². The minimum Gasteiger partial charge on any atom is -0.397 e. The summed E-state index contributed by atoms with van der Waals surface area (Å²) in [6.45, 7) is 6.82. The van der Waals surface area contributed by atoms with Crippen LogP contribution in [0.5, 0.6) is 0 Å². The lowest BCUT2D eigenvalue weighted by molar-refractivity contribution is 0.347. The topological polar surface area (TPSA) is 32.5 Å². The maximum absolute atomic E-state index is 6.02. The molecule has 0 saturated carbocycles. The van der Waals surface area contributed by atoms with E-state index in [2.05, 4.69) is 35.9 Å². The summed E-state index contributed by atoms with van der Waals surface area (Å²) < 4.78 is 0. The molecule has 0 aromatic heterocycles. The fourth-order valence-electron chi connectivity index (χ4n) is 2.40. The SMILES string of the molecule is Cc1ccc(N)c(N(C)CCN2CCCC2)c1. The Balaban J connectivity index is 1.93. The minimum atomic E-state index is 0.875. The third-order valence-corrected chi connectivity index (χ3v) is 3.55. The number of nitrogens with two attached hydrogens (primary N) is 1. The van der Waals surface area contributed by atoms with Gasteiger partial charge in [0.1, 0.15) is 0 Å². The quantitative estimate of drug-likeness (QED) is 0.808. The van der Waals surface area contributed by atoms with Gasteiger partial charge in [-0.25, -0.2) is 0 Å². The highest BCUT2D eigenvalue weighted by Gasteiger charge is 2.12. The molecule has 17 heavy (non-hydrogen) atoms. The van der Waals surface area contributed by atoms with Crippen LogP contribution in [0, 0.1) is 6.92 Å². The first-order valence-electron chi connectivity index (χ1n) is 6.46. The van der Waals surface area contributed by atoms with Crippen LogP contribution in [0.3, 0.4) is 0 Å². The molecular weight excluding hydrogens is 210 g/mol. The van der Waals surface area contributed by atoms with Gasteiger partial charge < -0.3 is 15.5 Å². The largest absolute Gasteiger partial charge is 0.397 e. The Morgan fingerprint density at radius 3 is 2.71 bits per heavy atom. The minimum absolute atomic E-state index is 0.875. The first-order valence-corrected chi connectivity index (χ1v) is 6.46. The van der Waals surface area contributed by atoms with Crippen molar-refractivity contribution >= 4 is 11.4 Å². The molecule has 3 nitrogen and oxygen atoms in total. The van der Waals surface area contributed by atoms with Crippen molar-refractivity contribution in [3.63, 3.8) is 0 Å². The van der Waals surface area contributed by atoms with Gasteiger partial charge in [0.2, 0.25) is 0 Å². The van der Waals surface area contributed by atoms with Gasteiger partial charge in [0.25, 0.3) is 0 Å². The van der Waals surface area contributed by atoms with Crippen molar-refractivity contribution in [2.45, 2.75) is 19.8 Å². The Bertz CT molecular complexity index is 370. The van der Waals surface area contributed by atoms with Gasteiger partial charge in [-0.1, -0.05) is 6.07 Å². The zero-order valence-electron chi connectivity index (χ0n) is 10.9. The van der Waals surface area contributed by atoms with E-state index in [9.17, 15) is 0 Å². The number of likely N-dealkylation sites (N-methyl/N-ethyl adjacent to an activating group) is 1. The number of nitrogens with zero attached hydrogens (tertiary/aromatic N) is 2. The predicted molar refractivity (Wildman–Crippen MR) is 74.5 cm³/mol. The van der Waals surface area contributed by atoms with Gasteiger partial charge in [-0.2, -0.15) is 0 Å². The van der Waals surface area contributed by atoms with Crippen molar-refractivity contribution in [2.75, 3.05) is 43.9 Å². The van der Waals surface area contributed by atoms with Crippen molar-refractivity contribution in [1.82, 2.24) is 4.90 Å². The molecule has 0 unspecified atom stereocenters. The van der Waals surface area contributed by atoms with Crippen LogP contribution in [0.2, 0.25) is 0 Å². The van der Waals surface area contributed by atoms with Crippen LogP contribution >= 0.6 is 0 Å². The third-order valence-electron chi connectivity index (χ3n) is 3.55. The zero-order valence-corrected chi connectivity index (χ0v) is 10.9. The van der Waals surface area contributed by atoms with Crippen molar-refractivity contribution in [1.29, 1.82) is 0 Å². The highest BCUT2D eigenvalue weighted by Crippen LogP contribution is 2.23. The van der Waals surface area contributed by atoms with E-state index in [0.29, 0.717) is 0 Å². The summed E-state index contributed by atoms with van der Waals surface area (Å²) >= 11 is 0. The van der Waals surface area contributed by atoms with Crippen molar-refractivity contribution in [2.24, 2.45) is 0 Å². The van der Waals surface area contributed by atoms with E-state index in [0.717, 1.165) is 24.5 Å². The Morgan fingerprint density at radius 2 is 2.00 bits per heavy atom. The molecule has 3 heteroatoms. The van der Waals surface area contributed by atoms with Crippen LogP contribution in [0.15, 0.2) is 18.2 Å². The van der Waals surface area contributed by atoms with Gasteiger partial charge in [-0.15, -0.1) is 0 Å². The standard InChI is InChI=1S/C14H23N3/c1-12-5-6-13(15)14(11-12)16(2)9-10-17-7-3-4-8-17/h5-6,11H,3-4,7-10,15H2,1-2H3. The third kappa shape index (κ3) is 3.13. The zero-order chi connectivity index (χ0) is 12.3. The van der Waals surface area contributed by atoms with Crippen molar-refractivity contribution in [3.05, 3.63) is 23.8 Å². The van der Waals surface area contributed by atoms with Gasteiger partial charge in [-0.3, -0.25) is 0 Å².